The van der Waals surface area contributed by atoms with Crippen molar-refractivity contribution in [2.75, 3.05) is 11.9 Å². The largest absolute Gasteiger partial charge is 0.457 e. The van der Waals surface area contributed by atoms with E-state index in [2.05, 4.69) is 54.7 Å². The lowest BCUT2D eigenvalue weighted by molar-refractivity contribution is 0.478. The number of fused-ring (bicyclic) bond motifs is 3. The maximum absolute atomic E-state index is 6.32. The van der Waals surface area contributed by atoms with Crippen LogP contribution in [0, 0.1) is 6.92 Å². The lowest BCUT2D eigenvalue weighted by Crippen LogP contribution is -2.01. The second kappa shape index (κ2) is 7.01. The van der Waals surface area contributed by atoms with Crippen LogP contribution in [0.3, 0.4) is 0 Å². The first-order chi connectivity index (χ1) is 13.8. The van der Waals surface area contributed by atoms with Crippen LogP contribution in [-0.4, -0.2) is 11.5 Å². The number of aromatic nitrogens is 1. The Hall–Kier alpha value is -3.33. The van der Waals surface area contributed by atoms with Crippen molar-refractivity contribution in [2.24, 2.45) is 0 Å². The number of pyridine rings is 1. The predicted molar refractivity (Wildman–Crippen MR) is 114 cm³/mol. The minimum atomic E-state index is 0.805. The molecule has 4 aromatic rings. The Bertz CT molecular complexity index is 1140. The Morgan fingerprint density at radius 3 is 2.46 bits per heavy atom. The van der Waals surface area contributed by atoms with Gasteiger partial charge >= 0.3 is 0 Å². The Kier molecular flexibility index (Phi) is 4.21. The van der Waals surface area contributed by atoms with Crippen LogP contribution in [-0.2, 0) is 12.8 Å². The summed E-state index contributed by atoms with van der Waals surface area (Å²) < 4.78 is 6.32. The molecule has 1 N–H and O–H groups in total. The molecule has 138 valence electrons. The molecule has 3 nitrogen and oxygen atoms in total. The molecule has 0 bridgehead atoms. The first-order valence-electron chi connectivity index (χ1n) is 9.75. The highest BCUT2D eigenvalue weighted by molar-refractivity contribution is 5.98. The normalized spacial score (nSPS) is 12.6. The third kappa shape index (κ3) is 2.99. The fourth-order valence-electron chi connectivity index (χ4n) is 4.07. The Labute approximate surface area is 165 Å². The van der Waals surface area contributed by atoms with Crippen LogP contribution in [0.25, 0.3) is 10.9 Å². The van der Waals surface area contributed by atoms with Gasteiger partial charge in [0, 0.05) is 35.3 Å². The van der Waals surface area contributed by atoms with E-state index in [1.165, 1.54) is 27.8 Å². The van der Waals surface area contributed by atoms with Crippen molar-refractivity contribution in [1.29, 1.82) is 0 Å². The molecule has 0 spiro atoms. The number of rotatable bonds is 4. The van der Waals surface area contributed by atoms with Gasteiger partial charge in [0.2, 0.25) is 0 Å². The summed E-state index contributed by atoms with van der Waals surface area (Å²) in [7, 11) is 0. The highest BCUT2D eigenvalue weighted by Gasteiger charge is 2.22. The Morgan fingerprint density at radius 1 is 0.929 bits per heavy atom. The highest BCUT2D eigenvalue weighted by Crippen LogP contribution is 2.40. The second-order valence-electron chi connectivity index (χ2n) is 7.24. The van der Waals surface area contributed by atoms with Gasteiger partial charge in [-0.15, -0.1) is 0 Å². The van der Waals surface area contributed by atoms with Crippen LogP contribution in [0.4, 0.5) is 5.69 Å². The molecule has 2 heterocycles. The van der Waals surface area contributed by atoms with E-state index in [9.17, 15) is 0 Å². The summed E-state index contributed by atoms with van der Waals surface area (Å²) in [6.45, 7) is 3.07. The molecule has 1 aliphatic heterocycles. The van der Waals surface area contributed by atoms with Gasteiger partial charge in [-0.2, -0.15) is 0 Å². The smallest absolute Gasteiger partial charge is 0.131 e. The van der Waals surface area contributed by atoms with Crippen LogP contribution < -0.4 is 10.1 Å². The SMILES string of the molecule is Cc1nc2ccc(Oc3ccccc3)c(Cc3ccccc3)c2c2c1CCN2. The average molecular weight is 366 g/mol. The minimum Gasteiger partial charge on any atom is -0.457 e. The number of benzene rings is 3. The van der Waals surface area contributed by atoms with Crippen molar-refractivity contribution >= 4 is 16.6 Å². The molecule has 0 aliphatic carbocycles. The van der Waals surface area contributed by atoms with E-state index < -0.39 is 0 Å². The summed E-state index contributed by atoms with van der Waals surface area (Å²) in [4.78, 5) is 4.90. The monoisotopic (exact) mass is 366 g/mol. The van der Waals surface area contributed by atoms with Crippen LogP contribution >= 0.6 is 0 Å². The van der Waals surface area contributed by atoms with Crippen LogP contribution in [0.2, 0.25) is 0 Å². The summed E-state index contributed by atoms with van der Waals surface area (Å²) in [5, 5.41) is 4.80. The Balaban J connectivity index is 1.72. The van der Waals surface area contributed by atoms with Crippen molar-refractivity contribution in [3.05, 3.63) is 95.2 Å². The van der Waals surface area contributed by atoms with E-state index in [-0.39, 0.29) is 0 Å². The highest BCUT2D eigenvalue weighted by atomic mass is 16.5. The maximum atomic E-state index is 6.32. The van der Waals surface area contributed by atoms with Gasteiger partial charge in [-0.05, 0) is 48.7 Å². The molecule has 3 heteroatoms. The zero-order valence-electron chi connectivity index (χ0n) is 15.9. The molecular weight excluding hydrogens is 344 g/mol. The van der Waals surface area contributed by atoms with Crippen LogP contribution in [0.5, 0.6) is 11.5 Å². The average Bonchev–Trinajstić information content (AvgIpc) is 3.22. The first kappa shape index (κ1) is 16.8. The van der Waals surface area contributed by atoms with Gasteiger partial charge in [0.1, 0.15) is 11.5 Å². The molecular formula is C25H22N2O. The Morgan fingerprint density at radius 2 is 1.68 bits per heavy atom. The van der Waals surface area contributed by atoms with Crippen molar-refractivity contribution < 1.29 is 4.74 Å². The topological polar surface area (TPSA) is 34.1 Å². The molecule has 1 aliphatic rings. The zero-order chi connectivity index (χ0) is 18.9. The van der Waals surface area contributed by atoms with Gasteiger partial charge in [0.25, 0.3) is 0 Å². The second-order valence-corrected chi connectivity index (χ2v) is 7.24. The van der Waals surface area contributed by atoms with Crippen molar-refractivity contribution in [3.63, 3.8) is 0 Å². The molecule has 3 aromatic carbocycles. The number of ether oxygens (including phenoxy) is 1. The third-order valence-corrected chi connectivity index (χ3v) is 5.40. The third-order valence-electron chi connectivity index (χ3n) is 5.40. The van der Waals surface area contributed by atoms with Gasteiger partial charge in [0.15, 0.2) is 0 Å². The standard InChI is InChI=1S/C25H22N2O/c1-17-20-14-15-26-25(20)24-21(16-18-8-4-2-5-9-18)23(13-12-22(24)27-17)28-19-10-6-3-7-11-19/h2-13,26H,14-16H2,1H3. The lowest BCUT2D eigenvalue weighted by Gasteiger charge is -2.17. The number of hydrogen-bond acceptors (Lipinski definition) is 3. The summed E-state index contributed by atoms with van der Waals surface area (Å²) in [6, 6.07) is 24.7. The van der Waals surface area contributed by atoms with Crippen molar-refractivity contribution in [3.8, 4) is 11.5 Å². The van der Waals surface area contributed by atoms with E-state index in [4.69, 9.17) is 9.72 Å². The molecule has 0 fully saturated rings. The maximum Gasteiger partial charge on any atom is 0.131 e. The lowest BCUT2D eigenvalue weighted by atomic mass is 9.96. The molecule has 5 rings (SSSR count). The van der Waals surface area contributed by atoms with Crippen molar-refractivity contribution in [2.45, 2.75) is 19.8 Å². The number of hydrogen-bond donors (Lipinski definition) is 1. The molecule has 28 heavy (non-hydrogen) atoms. The van der Waals surface area contributed by atoms with E-state index in [0.29, 0.717) is 0 Å². The van der Waals surface area contributed by atoms with Gasteiger partial charge in [0.05, 0.1) is 5.52 Å². The molecule has 0 radical (unpaired) electrons. The fourth-order valence-corrected chi connectivity index (χ4v) is 4.07. The molecule has 1 aromatic heterocycles. The number of aryl methyl sites for hydroxylation is 1. The quantitative estimate of drug-likeness (QED) is 0.489. The zero-order valence-corrected chi connectivity index (χ0v) is 15.9. The minimum absolute atomic E-state index is 0.805. The number of para-hydroxylation sites is 1. The molecule has 0 amide bonds. The van der Waals surface area contributed by atoms with E-state index in [1.54, 1.807) is 0 Å². The van der Waals surface area contributed by atoms with Gasteiger partial charge in [-0.25, -0.2) is 0 Å². The number of nitrogens with zero attached hydrogens (tertiary/aromatic N) is 1. The summed E-state index contributed by atoms with van der Waals surface area (Å²) in [5.41, 5.74) is 7.16. The molecule has 0 saturated carbocycles. The van der Waals surface area contributed by atoms with E-state index in [1.807, 2.05) is 30.3 Å². The number of anilines is 1. The van der Waals surface area contributed by atoms with Crippen LogP contribution in [0.1, 0.15) is 22.4 Å². The van der Waals surface area contributed by atoms with E-state index >= 15 is 0 Å². The van der Waals surface area contributed by atoms with Crippen molar-refractivity contribution in [1.82, 2.24) is 4.98 Å². The molecule has 0 saturated heterocycles. The van der Waals surface area contributed by atoms with Gasteiger partial charge in [-0.1, -0.05) is 48.5 Å². The van der Waals surface area contributed by atoms with Crippen LogP contribution in [0.15, 0.2) is 72.8 Å². The number of nitrogens with one attached hydrogen (secondary N) is 1. The fraction of sp³-hybridized carbons (Fsp3) is 0.160. The van der Waals surface area contributed by atoms with E-state index in [0.717, 1.165) is 42.1 Å². The first-order valence-corrected chi connectivity index (χ1v) is 9.75. The summed E-state index contributed by atoms with van der Waals surface area (Å²) in [5.74, 6) is 1.74. The predicted octanol–water partition coefficient (Wildman–Crippen LogP) is 5.89. The molecule has 0 unspecified atom stereocenters. The van der Waals surface area contributed by atoms with Gasteiger partial charge in [-0.3, -0.25) is 4.98 Å². The molecule has 0 atom stereocenters. The summed E-state index contributed by atoms with van der Waals surface area (Å²) in [6.07, 6.45) is 1.83. The van der Waals surface area contributed by atoms with Gasteiger partial charge < -0.3 is 10.1 Å². The summed E-state index contributed by atoms with van der Waals surface area (Å²) >= 11 is 0.